The summed E-state index contributed by atoms with van der Waals surface area (Å²) in [5.74, 6) is 2.93. The molecule has 0 aliphatic carbocycles. The lowest BCUT2D eigenvalue weighted by molar-refractivity contribution is 0.930. The molecule has 0 saturated carbocycles. The summed E-state index contributed by atoms with van der Waals surface area (Å²) in [5, 5.41) is 4.05. The van der Waals surface area contributed by atoms with Crippen LogP contribution in [0.15, 0.2) is 36.7 Å². The third-order valence-electron chi connectivity index (χ3n) is 2.87. The Kier molecular flexibility index (Phi) is 2.62. The first-order valence-electron chi connectivity index (χ1n) is 5.78. The van der Waals surface area contributed by atoms with Crippen LogP contribution in [0, 0.1) is 12.3 Å². The highest BCUT2D eigenvalue weighted by atomic mass is 15.3. The van der Waals surface area contributed by atoms with E-state index in [0.717, 1.165) is 16.8 Å². The van der Waals surface area contributed by atoms with Gasteiger partial charge in [-0.1, -0.05) is 30.3 Å². The van der Waals surface area contributed by atoms with E-state index in [1.54, 1.807) is 0 Å². The van der Waals surface area contributed by atoms with Crippen molar-refractivity contribution in [1.29, 1.82) is 0 Å². The standard InChI is InChI=1S/C14H11N5/c1-2-6-11-12(10-7-4-3-5-8-10)18-14(15)19-13(11)16-9-17-19/h1,3-5,7-9H,6H2,(H2,15,18). The van der Waals surface area contributed by atoms with Crippen LogP contribution in [-0.2, 0) is 6.42 Å². The van der Waals surface area contributed by atoms with E-state index in [9.17, 15) is 0 Å². The Balaban J connectivity index is 2.35. The van der Waals surface area contributed by atoms with Gasteiger partial charge in [0.25, 0.3) is 0 Å². The molecular weight excluding hydrogens is 238 g/mol. The van der Waals surface area contributed by atoms with Crippen molar-refractivity contribution in [2.24, 2.45) is 0 Å². The Morgan fingerprint density at radius 3 is 2.79 bits per heavy atom. The van der Waals surface area contributed by atoms with Gasteiger partial charge in [0.15, 0.2) is 5.65 Å². The van der Waals surface area contributed by atoms with Crippen LogP contribution in [0.5, 0.6) is 0 Å². The van der Waals surface area contributed by atoms with Crippen LogP contribution in [0.4, 0.5) is 5.95 Å². The first-order chi connectivity index (χ1) is 9.31. The Morgan fingerprint density at radius 1 is 1.26 bits per heavy atom. The van der Waals surface area contributed by atoms with Gasteiger partial charge < -0.3 is 5.73 Å². The van der Waals surface area contributed by atoms with Gasteiger partial charge in [0, 0.05) is 17.5 Å². The molecule has 5 nitrogen and oxygen atoms in total. The highest BCUT2D eigenvalue weighted by Crippen LogP contribution is 2.25. The van der Waals surface area contributed by atoms with Crippen LogP contribution in [0.1, 0.15) is 5.56 Å². The number of benzene rings is 1. The summed E-state index contributed by atoms with van der Waals surface area (Å²) in [6.45, 7) is 0. The molecule has 5 heteroatoms. The minimum absolute atomic E-state index is 0.298. The predicted octanol–water partition coefficient (Wildman–Crippen LogP) is 1.55. The van der Waals surface area contributed by atoms with Crippen LogP contribution in [0.25, 0.3) is 16.9 Å². The molecule has 2 N–H and O–H groups in total. The smallest absolute Gasteiger partial charge is 0.223 e. The highest BCUT2D eigenvalue weighted by molar-refractivity contribution is 5.72. The minimum Gasteiger partial charge on any atom is -0.368 e. The number of rotatable bonds is 2. The van der Waals surface area contributed by atoms with Crippen molar-refractivity contribution in [3.05, 3.63) is 42.2 Å². The molecule has 0 spiro atoms. The van der Waals surface area contributed by atoms with Crippen molar-refractivity contribution in [3.8, 4) is 23.6 Å². The van der Waals surface area contributed by atoms with Crippen LogP contribution in [-0.4, -0.2) is 19.6 Å². The first kappa shape index (κ1) is 11.2. The first-order valence-corrected chi connectivity index (χ1v) is 5.78. The van der Waals surface area contributed by atoms with Crippen LogP contribution >= 0.6 is 0 Å². The molecule has 0 radical (unpaired) electrons. The summed E-state index contributed by atoms with van der Waals surface area (Å²) in [7, 11) is 0. The van der Waals surface area contributed by atoms with Gasteiger partial charge in [-0.3, -0.25) is 0 Å². The molecule has 1 aromatic carbocycles. The van der Waals surface area contributed by atoms with E-state index in [1.807, 2.05) is 30.3 Å². The average molecular weight is 249 g/mol. The van der Waals surface area contributed by atoms with E-state index >= 15 is 0 Å². The van der Waals surface area contributed by atoms with Gasteiger partial charge in [-0.15, -0.1) is 12.3 Å². The number of nitrogen functional groups attached to an aromatic ring is 1. The van der Waals surface area contributed by atoms with Gasteiger partial charge in [0.1, 0.15) is 6.33 Å². The molecule has 0 aliphatic heterocycles. The molecular formula is C14H11N5. The SMILES string of the molecule is C#CCc1c(-c2ccccc2)nc(N)n2ncnc12. The molecule has 0 bridgehead atoms. The number of terminal acetylenes is 1. The van der Waals surface area contributed by atoms with Crippen LogP contribution in [0.2, 0.25) is 0 Å². The fraction of sp³-hybridized carbons (Fsp3) is 0.0714. The Labute approximate surface area is 110 Å². The Hall–Kier alpha value is -2.87. The maximum absolute atomic E-state index is 5.90. The number of nitrogens with two attached hydrogens (primary N) is 1. The summed E-state index contributed by atoms with van der Waals surface area (Å²) in [4.78, 5) is 8.63. The Morgan fingerprint density at radius 2 is 2.05 bits per heavy atom. The van der Waals surface area contributed by atoms with E-state index in [0.29, 0.717) is 18.0 Å². The largest absolute Gasteiger partial charge is 0.368 e. The van der Waals surface area contributed by atoms with E-state index in [1.165, 1.54) is 10.8 Å². The van der Waals surface area contributed by atoms with Crippen molar-refractivity contribution in [1.82, 2.24) is 19.6 Å². The zero-order valence-corrected chi connectivity index (χ0v) is 10.1. The third kappa shape index (κ3) is 1.79. The van der Waals surface area contributed by atoms with Crippen LogP contribution in [0.3, 0.4) is 0 Å². The third-order valence-corrected chi connectivity index (χ3v) is 2.87. The maximum atomic E-state index is 5.90. The number of aromatic nitrogens is 4. The quantitative estimate of drug-likeness (QED) is 0.699. The molecule has 19 heavy (non-hydrogen) atoms. The topological polar surface area (TPSA) is 69.1 Å². The molecule has 92 valence electrons. The second-order valence-electron chi connectivity index (χ2n) is 4.04. The number of hydrogen-bond donors (Lipinski definition) is 1. The van der Waals surface area contributed by atoms with Gasteiger partial charge in [-0.2, -0.15) is 9.61 Å². The van der Waals surface area contributed by atoms with Gasteiger partial charge >= 0.3 is 0 Å². The van der Waals surface area contributed by atoms with Crippen molar-refractivity contribution in [2.45, 2.75) is 6.42 Å². The zero-order chi connectivity index (χ0) is 13.2. The normalized spacial score (nSPS) is 10.5. The molecule has 0 fully saturated rings. The molecule has 3 aromatic rings. The molecule has 2 heterocycles. The van der Waals surface area contributed by atoms with E-state index in [-0.39, 0.29) is 0 Å². The van der Waals surface area contributed by atoms with Gasteiger partial charge in [-0.05, 0) is 0 Å². The number of fused-ring (bicyclic) bond motifs is 1. The molecule has 0 atom stereocenters. The monoisotopic (exact) mass is 249 g/mol. The second-order valence-corrected chi connectivity index (χ2v) is 4.04. The van der Waals surface area contributed by atoms with Crippen LogP contribution < -0.4 is 5.73 Å². The maximum Gasteiger partial charge on any atom is 0.223 e. The summed E-state index contributed by atoms with van der Waals surface area (Å²) >= 11 is 0. The van der Waals surface area contributed by atoms with E-state index in [4.69, 9.17) is 12.2 Å². The van der Waals surface area contributed by atoms with Crippen molar-refractivity contribution in [3.63, 3.8) is 0 Å². The minimum atomic E-state index is 0.298. The molecule has 0 saturated heterocycles. The molecule has 0 unspecified atom stereocenters. The number of nitrogens with zero attached hydrogens (tertiary/aromatic N) is 4. The molecule has 0 aliphatic rings. The highest BCUT2D eigenvalue weighted by Gasteiger charge is 2.15. The predicted molar refractivity (Wildman–Crippen MR) is 73.2 cm³/mol. The fourth-order valence-electron chi connectivity index (χ4n) is 2.05. The fourth-order valence-corrected chi connectivity index (χ4v) is 2.05. The summed E-state index contributed by atoms with van der Waals surface area (Å²) in [5.41, 5.74) is 9.14. The van der Waals surface area contributed by atoms with E-state index < -0.39 is 0 Å². The number of anilines is 1. The van der Waals surface area contributed by atoms with E-state index in [2.05, 4.69) is 21.0 Å². The lowest BCUT2D eigenvalue weighted by Gasteiger charge is -2.09. The molecule has 3 rings (SSSR count). The lowest BCUT2D eigenvalue weighted by Crippen LogP contribution is -2.07. The molecule has 2 aromatic heterocycles. The zero-order valence-electron chi connectivity index (χ0n) is 10.1. The average Bonchev–Trinajstić information content (AvgIpc) is 2.93. The number of hydrogen-bond acceptors (Lipinski definition) is 4. The Bertz CT molecular complexity index is 768. The summed E-state index contributed by atoms with van der Waals surface area (Å²) in [6.07, 6.45) is 7.32. The van der Waals surface area contributed by atoms with Gasteiger partial charge in [0.05, 0.1) is 5.69 Å². The molecule has 0 amide bonds. The van der Waals surface area contributed by atoms with Gasteiger partial charge in [-0.25, -0.2) is 9.97 Å². The second kappa shape index (κ2) is 4.42. The summed E-state index contributed by atoms with van der Waals surface area (Å²) in [6, 6.07) is 9.77. The van der Waals surface area contributed by atoms with Gasteiger partial charge in [0.2, 0.25) is 5.95 Å². The van der Waals surface area contributed by atoms with Crippen molar-refractivity contribution < 1.29 is 0 Å². The van der Waals surface area contributed by atoms with Crippen molar-refractivity contribution >= 4 is 11.6 Å². The van der Waals surface area contributed by atoms with Crippen molar-refractivity contribution in [2.75, 3.05) is 5.73 Å². The lowest BCUT2D eigenvalue weighted by atomic mass is 10.0. The summed E-state index contributed by atoms with van der Waals surface area (Å²) < 4.78 is 1.50.